The van der Waals surface area contributed by atoms with Gasteiger partial charge in [0.15, 0.2) is 0 Å². The second kappa shape index (κ2) is 6.58. The van der Waals surface area contributed by atoms with Crippen molar-refractivity contribution in [2.75, 3.05) is 5.32 Å². The number of aromatic hydroxyl groups is 1. The van der Waals surface area contributed by atoms with Crippen LogP contribution in [0.2, 0.25) is 5.02 Å². The Hall–Kier alpha value is -2.53. The number of urea groups is 1. The Balaban J connectivity index is 1.87. The molecule has 0 bridgehead atoms. The van der Waals surface area contributed by atoms with Gasteiger partial charge in [0.1, 0.15) is 5.75 Å². The number of nitrogens with one attached hydrogen (secondary N) is 2. The first-order valence-corrected chi connectivity index (χ1v) is 6.16. The summed E-state index contributed by atoms with van der Waals surface area (Å²) in [6.45, 7) is 0. The van der Waals surface area contributed by atoms with Crippen LogP contribution in [0.15, 0.2) is 53.6 Å². The van der Waals surface area contributed by atoms with Gasteiger partial charge in [-0.3, -0.25) is 0 Å². The van der Waals surface area contributed by atoms with Crippen molar-refractivity contribution >= 4 is 29.5 Å². The molecule has 0 atom stereocenters. The van der Waals surface area contributed by atoms with Crippen molar-refractivity contribution in [2.24, 2.45) is 5.10 Å². The average molecular weight is 290 g/mol. The van der Waals surface area contributed by atoms with Gasteiger partial charge in [-0.25, -0.2) is 10.2 Å². The van der Waals surface area contributed by atoms with Crippen LogP contribution in [0.3, 0.4) is 0 Å². The fourth-order valence-electron chi connectivity index (χ4n) is 1.45. The molecule has 5 nitrogen and oxygen atoms in total. The highest BCUT2D eigenvalue weighted by Crippen LogP contribution is 2.14. The lowest BCUT2D eigenvalue weighted by molar-refractivity contribution is 0.252. The summed E-state index contributed by atoms with van der Waals surface area (Å²) in [7, 11) is 0. The Kier molecular flexibility index (Phi) is 4.57. The number of anilines is 1. The summed E-state index contributed by atoms with van der Waals surface area (Å²) >= 11 is 5.80. The van der Waals surface area contributed by atoms with E-state index in [0.717, 1.165) is 5.56 Å². The summed E-state index contributed by atoms with van der Waals surface area (Å²) in [5.41, 5.74) is 3.66. The summed E-state index contributed by atoms with van der Waals surface area (Å²) in [6.07, 6.45) is 1.47. The normalized spacial score (nSPS) is 10.4. The van der Waals surface area contributed by atoms with Crippen molar-refractivity contribution in [2.45, 2.75) is 0 Å². The number of hydrogen-bond donors (Lipinski definition) is 3. The second-order valence-electron chi connectivity index (χ2n) is 3.93. The predicted molar refractivity (Wildman–Crippen MR) is 79.3 cm³/mol. The van der Waals surface area contributed by atoms with E-state index < -0.39 is 6.03 Å². The Morgan fingerprint density at radius 3 is 2.65 bits per heavy atom. The lowest BCUT2D eigenvalue weighted by Crippen LogP contribution is -2.24. The zero-order chi connectivity index (χ0) is 14.4. The van der Waals surface area contributed by atoms with E-state index >= 15 is 0 Å². The smallest absolute Gasteiger partial charge is 0.339 e. The number of carbonyl (C=O) groups excluding carboxylic acids is 1. The van der Waals surface area contributed by atoms with Gasteiger partial charge in [-0.05, 0) is 48.0 Å². The Bertz CT molecular complexity index is 627. The lowest BCUT2D eigenvalue weighted by atomic mass is 10.2. The average Bonchev–Trinajstić information content (AvgIpc) is 2.41. The maximum Gasteiger partial charge on any atom is 0.339 e. The van der Waals surface area contributed by atoms with E-state index in [2.05, 4.69) is 15.8 Å². The molecule has 2 aromatic rings. The van der Waals surface area contributed by atoms with Crippen molar-refractivity contribution in [3.63, 3.8) is 0 Å². The van der Waals surface area contributed by atoms with Crippen LogP contribution in [-0.2, 0) is 0 Å². The molecule has 0 saturated carbocycles. The largest absolute Gasteiger partial charge is 0.508 e. The molecule has 0 aliphatic heterocycles. The standard InChI is InChI=1S/C14H12ClN3O2/c15-11-2-1-3-12(8-11)17-14(20)18-16-9-10-4-6-13(19)7-5-10/h1-9,19H,(H2,17,18,20). The minimum Gasteiger partial charge on any atom is -0.508 e. The van der Waals surface area contributed by atoms with Gasteiger partial charge in [0.25, 0.3) is 0 Å². The van der Waals surface area contributed by atoms with Crippen LogP contribution in [0.5, 0.6) is 5.75 Å². The van der Waals surface area contributed by atoms with E-state index in [1.165, 1.54) is 18.3 Å². The quantitative estimate of drug-likeness (QED) is 0.599. The van der Waals surface area contributed by atoms with E-state index in [9.17, 15) is 4.79 Å². The van der Waals surface area contributed by atoms with Gasteiger partial charge in [-0.1, -0.05) is 17.7 Å². The first kappa shape index (κ1) is 13.9. The van der Waals surface area contributed by atoms with Crippen LogP contribution in [0.25, 0.3) is 0 Å². The minimum atomic E-state index is -0.470. The molecule has 2 aromatic carbocycles. The van der Waals surface area contributed by atoms with Crippen LogP contribution in [0, 0.1) is 0 Å². The number of benzene rings is 2. The van der Waals surface area contributed by atoms with Crippen LogP contribution in [0.4, 0.5) is 10.5 Å². The molecule has 0 radical (unpaired) electrons. The molecule has 0 heterocycles. The minimum absolute atomic E-state index is 0.175. The molecule has 102 valence electrons. The molecule has 0 unspecified atom stereocenters. The van der Waals surface area contributed by atoms with Gasteiger partial charge in [0.05, 0.1) is 6.21 Å². The van der Waals surface area contributed by atoms with Crippen LogP contribution < -0.4 is 10.7 Å². The molecular formula is C14H12ClN3O2. The van der Waals surface area contributed by atoms with Crippen molar-refractivity contribution < 1.29 is 9.90 Å². The third-order valence-corrected chi connectivity index (χ3v) is 2.59. The van der Waals surface area contributed by atoms with Crippen LogP contribution >= 0.6 is 11.6 Å². The summed E-state index contributed by atoms with van der Waals surface area (Å²) in [4.78, 5) is 11.5. The Labute approximate surface area is 120 Å². The molecule has 0 aromatic heterocycles. The van der Waals surface area contributed by atoms with Gasteiger partial charge in [0, 0.05) is 10.7 Å². The SMILES string of the molecule is O=C(NN=Cc1ccc(O)cc1)Nc1cccc(Cl)c1. The Morgan fingerprint density at radius 2 is 1.95 bits per heavy atom. The first-order valence-electron chi connectivity index (χ1n) is 5.78. The number of rotatable bonds is 3. The summed E-state index contributed by atoms with van der Waals surface area (Å²) < 4.78 is 0. The zero-order valence-electron chi connectivity index (χ0n) is 10.4. The number of halogens is 1. The maximum absolute atomic E-state index is 11.5. The van der Waals surface area contributed by atoms with Crippen molar-refractivity contribution in [3.8, 4) is 5.75 Å². The fourth-order valence-corrected chi connectivity index (χ4v) is 1.64. The Morgan fingerprint density at radius 1 is 1.20 bits per heavy atom. The molecule has 0 saturated heterocycles. The fraction of sp³-hybridized carbons (Fsp3) is 0. The number of phenolic OH excluding ortho intramolecular Hbond substituents is 1. The molecule has 0 aliphatic rings. The molecule has 2 rings (SSSR count). The van der Waals surface area contributed by atoms with Crippen LogP contribution in [-0.4, -0.2) is 17.4 Å². The molecule has 2 amide bonds. The lowest BCUT2D eigenvalue weighted by Gasteiger charge is -2.04. The van der Waals surface area contributed by atoms with E-state index in [1.807, 2.05) is 0 Å². The molecular weight excluding hydrogens is 278 g/mol. The maximum atomic E-state index is 11.5. The summed E-state index contributed by atoms with van der Waals surface area (Å²) in [5, 5.41) is 16.0. The van der Waals surface area contributed by atoms with Gasteiger partial charge in [-0.15, -0.1) is 0 Å². The predicted octanol–water partition coefficient (Wildman–Crippen LogP) is 3.20. The van der Waals surface area contributed by atoms with Gasteiger partial charge in [-0.2, -0.15) is 5.10 Å². The topological polar surface area (TPSA) is 73.7 Å². The summed E-state index contributed by atoms with van der Waals surface area (Å²) in [5.74, 6) is 0.175. The molecule has 0 fully saturated rings. The van der Waals surface area contributed by atoms with E-state index in [4.69, 9.17) is 16.7 Å². The number of amides is 2. The highest BCUT2D eigenvalue weighted by Gasteiger charge is 1.99. The number of hydrogen-bond acceptors (Lipinski definition) is 3. The molecule has 20 heavy (non-hydrogen) atoms. The van der Waals surface area contributed by atoms with Crippen molar-refractivity contribution in [3.05, 3.63) is 59.1 Å². The molecule has 0 aliphatic carbocycles. The van der Waals surface area contributed by atoms with Crippen LogP contribution in [0.1, 0.15) is 5.56 Å². The second-order valence-corrected chi connectivity index (χ2v) is 4.36. The first-order chi connectivity index (χ1) is 9.63. The van der Waals surface area contributed by atoms with Crippen molar-refractivity contribution in [1.82, 2.24) is 5.43 Å². The number of phenols is 1. The summed E-state index contributed by atoms with van der Waals surface area (Å²) in [6, 6.07) is 12.7. The monoisotopic (exact) mass is 289 g/mol. The van der Waals surface area contributed by atoms with Gasteiger partial charge >= 0.3 is 6.03 Å². The van der Waals surface area contributed by atoms with Crippen molar-refractivity contribution in [1.29, 1.82) is 0 Å². The highest BCUT2D eigenvalue weighted by atomic mass is 35.5. The third kappa shape index (κ3) is 4.29. The third-order valence-electron chi connectivity index (χ3n) is 2.36. The highest BCUT2D eigenvalue weighted by molar-refractivity contribution is 6.30. The van der Waals surface area contributed by atoms with E-state index in [1.54, 1.807) is 36.4 Å². The number of nitrogens with zero attached hydrogens (tertiary/aromatic N) is 1. The number of carbonyl (C=O) groups is 1. The molecule has 6 heteroatoms. The molecule has 3 N–H and O–H groups in total. The number of hydrazone groups is 1. The van der Waals surface area contributed by atoms with E-state index in [0.29, 0.717) is 10.7 Å². The van der Waals surface area contributed by atoms with Gasteiger partial charge < -0.3 is 10.4 Å². The zero-order valence-corrected chi connectivity index (χ0v) is 11.1. The van der Waals surface area contributed by atoms with Gasteiger partial charge in [0.2, 0.25) is 0 Å². The molecule has 0 spiro atoms. The van der Waals surface area contributed by atoms with E-state index in [-0.39, 0.29) is 5.75 Å².